The average Bonchev–Trinajstić information content (AvgIpc) is 3.01. The van der Waals surface area contributed by atoms with Crippen LogP contribution in [0.3, 0.4) is 0 Å². The van der Waals surface area contributed by atoms with E-state index in [4.69, 9.17) is 4.74 Å². The van der Waals surface area contributed by atoms with Gasteiger partial charge >= 0.3 is 5.97 Å². The van der Waals surface area contributed by atoms with Crippen LogP contribution in [-0.4, -0.2) is 57.3 Å². The molecule has 10 heteroatoms. The van der Waals surface area contributed by atoms with Gasteiger partial charge in [0.1, 0.15) is 0 Å². The Bertz CT molecular complexity index is 753. The molecule has 1 aliphatic rings. The highest BCUT2D eigenvalue weighted by Crippen LogP contribution is 2.21. The first-order chi connectivity index (χ1) is 11.1. The summed E-state index contributed by atoms with van der Waals surface area (Å²) in [7, 11) is 0. The second-order valence-electron chi connectivity index (χ2n) is 4.84. The zero-order valence-corrected chi connectivity index (χ0v) is 12.0. The summed E-state index contributed by atoms with van der Waals surface area (Å²) in [5.74, 6) is -0.976. The maximum Gasteiger partial charge on any atom is 0.360 e. The highest BCUT2D eigenvalue weighted by Gasteiger charge is 2.25. The summed E-state index contributed by atoms with van der Waals surface area (Å²) in [5.41, 5.74) is 0.00390. The number of rotatable bonds is 4. The zero-order chi connectivity index (χ0) is 16.4. The standard InChI is InChI=1S/C13H13N5O5/c19-13(20)11-12(16-4-6-23-7-5-16)15-17(14-11)9-2-1-3-10(8-9)18(21)22/h1-3,8H,4-7H2,(H,19,20). The number of carboxylic acids is 1. The normalized spacial score (nSPS) is 14.7. The molecule has 2 heterocycles. The van der Waals surface area contributed by atoms with Crippen molar-refractivity contribution in [3.05, 3.63) is 40.1 Å². The second-order valence-corrected chi connectivity index (χ2v) is 4.84. The van der Waals surface area contributed by atoms with Gasteiger partial charge < -0.3 is 14.7 Å². The third-order valence-corrected chi connectivity index (χ3v) is 3.38. The summed E-state index contributed by atoms with van der Waals surface area (Å²) < 4.78 is 5.24. The molecule has 0 radical (unpaired) electrons. The predicted molar refractivity (Wildman–Crippen MR) is 78.0 cm³/mol. The first kappa shape index (κ1) is 14.9. The largest absolute Gasteiger partial charge is 0.476 e. The molecule has 0 saturated carbocycles. The number of hydrogen-bond acceptors (Lipinski definition) is 7. The number of aromatic carboxylic acids is 1. The molecule has 0 unspecified atom stereocenters. The maximum atomic E-state index is 11.4. The molecule has 1 aromatic heterocycles. The third kappa shape index (κ3) is 2.97. The van der Waals surface area contributed by atoms with Gasteiger partial charge in [0.05, 0.1) is 23.8 Å². The van der Waals surface area contributed by atoms with Crippen LogP contribution in [0.2, 0.25) is 0 Å². The van der Waals surface area contributed by atoms with E-state index in [2.05, 4.69) is 10.2 Å². The monoisotopic (exact) mass is 319 g/mol. The first-order valence-electron chi connectivity index (χ1n) is 6.84. The van der Waals surface area contributed by atoms with E-state index >= 15 is 0 Å². The maximum absolute atomic E-state index is 11.4. The molecule has 0 spiro atoms. The summed E-state index contributed by atoms with van der Waals surface area (Å²) in [6, 6.07) is 5.69. The molecule has 1 N–H and O–H groups in total. The van der Waals surface area contributed by atoms with E-state index in [-0.39, 0.29) is 17.2 Å². The van der Waals surface area contributed by atoms with Crippen LogP contribution in [0.5, 0.6) is 0 Å². The van der Waals surface area contributed by atoms with Gasteiger partial charge in [0.2, 0.25) is 5.69 Å². The van der Waals surface area contributed by atoms with Crippen LogP contribution in [0.1, 0.15) is 10.5 Å². The van der Waals surface area contributed by atoms with E-state index in [0.29, 0.717) is 32.0 Å². The molecule has 2 aromatic rings. The van der Waals surface area contributed by atoms with Crippen molar-refractivity contribution in [2.45, 2.75) is 0 Å². The number of nitro benzene ring substituents is 1. The van der Waals surface area contributed by atoms with E-state index in [9.17, 15) is 20.0 Å². The molecule has 1 fully saturated rings. The predicted octanol–water partition coefficient (Wildman–Crippen LogP) is 0.710. The van der Waals surface area contributed by atoms with Gasteiger partial charge in [-0.1, -0.05) is 6.07 Å². The number of aromatic nitrogens is 3. The van der Waals surface area contributed by atoms with Crippen LogP contribution in [0.4, 0.5) is 11.5 Å². The lowest BCUT2D eigenvalue weighted by Crippen LogP contribution is -2.37. The fourth-order valence-corrected chi connectivity index (χ4v) is 2.27. The Kier molecular flexibility index (Phi) is 3.89. The summed E-state index contributed by atoms with van der Waals surface area (Å²) in [6.45, 7) is 1.97. The number of benzene rings is 1. The van der Waals surface area contributed by atoms with Crippen LogP contribution in [0.25, 0.3) is 5.69 Å². The summed E-state index contributed by atoms with van der Waals surface area (Å²) >= 11 is 0. The van der Waals surface area contributed by atoms with E-state index in [1.54, 1.807) is 11.0 Å². The number of carbonyl (C=O) groups is 1. The van der Waals surface area contributed by atoms with Crippen LogP contribution in [-0.2, 0) is 4.74 Å². The van der Waals surface area contributed by atoms with Gasteiger partial charge in [-0.2, -0.15) is 0 Å². The topological polar surface area (TPSA) is 124 Å². The van der Waals surface area contributed by atoms with Crippen LogP contribution in [0.15, 0.2) is 24.3 Å². The van der Waals surface area contributed by atoms with E-state index in [1.807, 2.05) is 0 Å². The minimum absolute atomic E-state index is 0.121. The molecule has 10 nitrogen and oxygen atoms in total. The van der Waals surface area contributed by atoms with E-state index in [0.717, 1.165) is 4.80 Å². The van der Waals surface area contributed by atoms with Gasteiger partial charge in [-0.05, 0) is 6.07 Å². The molecule has 0 aliphatic carbocycles. The van der Waals surface area contributed by atoms with Crippen molar-refractivity contribution in [2.75, 3.05) is 31.2 Å². The lowest BCUT2D eigenvalue weighted by atomic mass is 10.3. The van der Waals surface area contributed by atoms with Crippen LogP contribution in [0, 0.1) is 10.1 Å². The van der Waals surface area contributed by atoms with Gasteiger partial charge in [-0.25, -0.2) is 4.79 Å². The Morgan fingerprint density at radius 3 is 2.70 bits per heavy atom. The Balaban J connectivity index is 2.02. The molecule has 1 aliphatic heterocycles. The highest BCUT2D eigenvalue weighted by atomic mass is 16.6. The van der Waals surface area contributed by atoms with Crippen LogP contribution < -0.4 is 4.90 Å². The number of nitro groups is 1. The van der Waals surface area contributed by atoms with E-state index < -0.39 is 10.9 Å². The zero-order valence-electron chi connectivity index (χ0n) is 12.0. The molecular formula is C13H13N5O5. The molecule has 0 bridgehead atoms. The SMILES string of the molecule is O=C(O)c1nn(-c2cccc([N+](=O)[O-])c2)nc1N1CCOCC1. The van der Waals surface area contributed by atoms with Crippen LogP contribution >= 0.6 is 0 Å². The Morgan fingerprint density at radius 1 is 1.30 bits per heavy atom. The minimum Gasteiger partial charge on any atom is -0.476 e. The smallest absolute Gasteiger partial charge is 0.360 e. The molecule has 0 amide bonds. The van der Waals surface area contributed by atoms with E-state index in [1.165, 1.54) is 18.2 Å². The van der Waals surface area contributed by atoms with Crippen molar-refractivity contribution >= 4 is 17.5 Å². The number of carboxylic acid groups (broad SMARTS) is 1. The molecule has 120 valence electrons. The number of hydrogen-bond donors (Lipinski definition) is 1. The van der Waals surface area contributed by atoms with Crippen molar-refractivity contribution < 1.29 is 19.6 Å². The van der Waals surface area contributed by atoms with Gasteiger partial charge in [0.25, 0.3) is 5.69 Å². The summed E-state index contributed by atoms with van der Waals surface area (Å²) in [5, 5.41) is 28.3. The van der Waals surface area contributed by atoms with Crippen molar-refractivity contribution in [1.29, 1.82) is 0 Å². The van der Waals surface area contributed by atoms with Crippen molar-refractivity contribution in [1.82, 2.24) is 15.0 Å². The lowest BCUT2D eigenvalue weighted by Gasteiger charge is -2.26. The number of anilines is 1. The molecule has 0 atom stereocenters. The van der Waals surface area contributed by atoms with Gasteiger partial charge in [0, 0.05) is 25.2 Å². The minimum atomic E-state index is -1.21. The molecular weight excluding hydrogens is 306 g/mol. The number of ether oxygens (including phenoxy) is 1. The molecule has 1 saturated heterocycles. The Hall–Kier alpha value is -3.01. The molecule has 23 heavy (non-hydrogen) atoms. The quantitative estimate of drug-likeness (QED) is 0.645. The van der Waals surface area contributed by atoms with Crippen molar-refractivity contribution in [3.8, 4) is 5.69 Å². The fraction of sp³-hybridized carbons (Fsp3) is 0.308. The fourth-order valence-electron chi connectivity index (χ4n) is 2.27. The summed E-state index contributed by atoms with van der Waals surface area (Å²) in [4.78, 5) is 24.6. The van der Waals surface area contributed by atoms with Crippen molar-refractivity contribution in [2.24, 2.45) is 0 Å². The first-order valence-corrected chi connectivity index (χ1v) is 6.84. The lowest BCUT2D eigenvalue weighted by molar-refractivity contribution is -0.384. The van der Waals surface area contributed by atoms with Gasteiger partial charge in [-0.15, -0.1) is 15.0 Å². The number of non-ortho nitro benzene ring substituents is 1. The van der Waals surface area contributed by atoms with Crippen molar-refractivity contribution in [3.63, 3.8) is 0 Å². The molecule has 3 rings (SSSR count). The molecule has 1 aromatic carbocycles. The second kappa shape index (κ2) is 6.01. The van der Waals surface area contributed by atoms with Gasteiger partial charge in [0.15, 0.2) is 5.82 Å². The summed E-state index contributed by atoms with van der Waals surface area (Å²) in [6.07, 6.45) is 0. The Morgan fingerprint density at radius 2 is 2.04 bits per heavy atom. The third-order valence-electron chi connectivity index (χ3n) is 3.38. The Labute approximate surface area is 130 Å². The number of morpholine rings is 1. The highest BCUT2D eigenvalue weighted by molar-refractivity contribution is 5.91. The number of nitrogens with zero attached hydrogens (tertiary/aromatic N) is 5. The average molecular weight is 319 g/mol. The van der Waals surface area contributed by atoms with Gasteiger partial charge in [-0.3, -0.25) is 10.1 Å².